The third-order valence-electron chi connectivity index (χ3n) is 4.43. The van der Waals surface area contributed by atoms with Gasteiger partial charge in [-0.3, -0.25) is 4.90 Å². The molecule has 3 rings (SSSR count). The second-order valence-electron chi connectivity index (χ2n) is 5.96. The highest BCUT2D eigenvalue weighted by atomic mass is 35.5. The number of fused-ring (bicyclic) bond motifs is 1. The zero-order valence-corrected chi connectivity index (χ0v) is 13.6. The van der Waals surface area contributed by atoms with E-state index >= 15 is 0 Å². The number of aryl methyl sites for hydroxylation is 1. The van der Waals surface area contributed by atoms with Crippen molar-refractivity contribution in [2.75, 3.05) is 39.6 Å². The molecule has 1 saturated heterocycles. The summed E-state index contributed by atoms with van der Waals surface area (Å²) in [6, 6.07) is 8.90. The summed E-state index contributed by atoms with van der Waals surface area (Å²) in [7, 11) is 4.42. The molecule has 2 heterocycles. The van der Waals surface area contributed by atoms with E-state index in [1.54, 1.807) is 0 Å². The smallest absolute Gasteiger partial charge is 0.111 e. The molecule has 21 heavy (non-hydrogen) atoms. The molecule has 1 fully saturated rings. The van der Waals surface area contributed by atoms with Crippen molar-refractivity contribution >= 4 is 22.6 Å². The Kier molecular flexibility index (Phi) is 4.48. The van der Waals surface area contributed by atoms with Crippen LogP contribution >= 0.6 is 11.6 Å². The summed E-state index contributed by atoms with van der Waals surface area (Å²) >= 11 is 5.96. The van der Waals surface area contributed by atoms with Crippen LogP contribution in [-0.4, -0.2) is 65.0 Å². The first-order valence-corrected chi connectivity index (χ1v) is 8.11. The largest absolute Gasteiger partial charge is 0.326 e. The molecule has 0 aliphatic carbocycles. The summed E-state index contributed by atoms with van der Waals surface area (Å²) in [5.41, 5.74) is 2.30. The van der Waals surface area contributed by atoms with Gasteiger partial charge in [0.05, 0.1) is 11.0 Å². The standard InChI is InChI=1S/C16H23ClN4/c1-19-9-10-20(2)13(11-19)12-21-15-6-4-3-5-14(15)18-16(21)7-8-17/h3-6,13H,7-12H2,1-2H3. The van der Waals surface area contributed by atoms with Gasteiger partial charge in [-0.2, -0.15) is 0 Å². The SMILES string of the molecule is CN1CCN(C)C(Cn2c(CCCl)nc3ccccc32)C1. The molecule has 2 aromatic rings. The molecule has 0 N–H and O–H groups in total. The molecule has 0 bridgehead atoms. The molecule has 1 atom stereocenters. The van der Waals surface area contributed by atoms with E-state index in [0.29, 0.717) is 11.9 Å². The number of imidazole rings is 1. The van der Waals surface area contributed by atoms with Crippen LogP contribution in [0.3, 0.4) is 0 Å². The molecule has 1 aliphatic heterocycles. The average molecular weight is 307 g/mol. The lowest BCUT2D eigenvalue weighted by Gasteiger charge is -2.38. The van der Waals surface area contributed by atoms with Gasteiger partial charge in [0, 0.05) is 44.5 Å². The van der Waals surface area contributed by atoms with Gasteiger partial charge in [-0.05, 0) is 26.2 Å². The van der Waals surface area contributed by atoms with Crippen molar-refractivity contribution in [2.24, 2.45) is 0 Å². The minimum Gasteiger partial charge on any atom is -0.326 e. The highest BCUT2D eigenvalue weighted by Crippen LogP contribution is 2.19. The van der Waals surface area contributed by atoms with Gasteiger partial charge in [0.2, 0.25) is 0 Å². The van der Waals surface area contributed by atoms with Crippen molar-refractivity contribution in [3.8, 4) is 0 Å². The van der Waals surface area contributed by atoms with E-state index in [1.807, 2.05) is 6.07 Å². The predicted octanol–water partition coefficient (Wildman–Crippen LogP) is 2.06. The summed E-state index contributed by atoms with van der Waals surface area (Å²) in [5, 5.41) is 0. The van der Waals surface area contributed by atoms with Gasteiger partial charge < -0.3 is 9.47 Å². The van der Waals surface area contributed by atoms with Crippen molar-refractivity contribution < 1.29 is 0 Å². The van der Waals surface area contributed by atoms with Gasteiger partial charge >= 0.3 is 0 Å². The van der Waals surface area contributed by atoms with E-state index < -0.39 is 0 Å². The fraction of sp³-hybridized carbons (Fsp3) is 0.562. The summed E-state index contributed by atoms with van der Waals surface area (Å²) in [5.74, 6) is 1.72. The Hall–Kier alpha value is -1.10. The van der Waals surface area contributed by atoms with E-state index in [1.165, 1.54) is 5.52 Å². The molecule has 1 aromatic heterocycles. The Morgan fingerprint density at radius 3 is 2.86 bits per heavy atom. The van der Waals surface area contributed by atoms with Crippen LogP contribution in [0, 0.1) is 0 Å². The highest BCUT2D eigenvalue weighted by molar-refractivity contribution is 6.17. The monoisotopic (exact) mass is 306 g/mol. The number of hydrogen-bond donors (Lipinski definition) is 0. The maximum atomic E-state index is 5.96. The first-order valence-electron chi connectivity index (χ1n) is 7.58. The zero-order valence-electron chi connectivity index (χ0n) is 12.8. The number of rotatable bonds is 4. The highest BCUT2D eigenvalue weighted by Gasteiger charge is 2.24. The fourth-order valence-corrected chi connectivity index (χ4v) is 3.28. The van der Waals surface area contributed by atoms with Crippen LogP contribution in [0.25, 0.3) is 11.0 Å². The molecule has 5 heteroatoms. The Labute approximate surface area is 131 Å². The number of para-hydroxylation sites is 2. The molecule has 1 unspecified atom stereocenters. The molecule has 1 aromatic carbocycles. The second kappa shape index (κ2) is 6.34. The third kappa shape index (κ3) is 3.07. The molecule has 1 aliphatic rings. The van der Waals surface area contributed by atoms with Gasteiger partial charge in [0.15, 0.2) is 0 Å². The van der Waals surface area contributed by atoms with Gasteiger partial charge in [-0.25, -0.2) is 4.98 Å². The van der Waals surface area contributed by atoms with Gasteiger partial charge in [-0.1, -0.05) is 12.1 Å². The molecule has 0 radical (unpaired) electrons. The van der Waals surface area contributed by atoms with Crippen LogP contribution in [0.5, 0.6) is 0 Å². The summed E-state index contributed by atoms with van der Waals surface area (Å²) in [6.07, 6.45) is 0.822. The van der Waals surface area contributed by atoms with Crippen LogP contribution in [0.15, 0.2) is 24.3 Å². The molecule has 0 amide bonds. The lowest BCUT2D eigenvalue weighted by molar-refractivity contribution is 0.103. The number of halogens is 1. The maximum absolute atomic E-state index is 5.96. The maximum Gasteiger partial charge on any atom is 0.111 e. The first-order chi connectivity index (χ1) is 10.2. The number of likely N-dealkylation sites (N-methyl/N-ethyl adjacent to an activating group) is 2. The number of hydrogen-bond acceptors (Lipinski definition) is 3. The number of aromatic nitrogens is 2. The van der Waals surface area contributed by atoms with Crippen LogP contribution in [0.1, 0.15) is 5.82 Å². The van der Waals surface area contributed by atoms with E-state index in [-0.39, 0.29) is 0 Å². The van der Waals surface area contributed by atoms with Crippen molar-refractivity contribution in [1.29, 1.82) is 0 Å². The van der Waals surface area contributed by atoms with Gasteiger partial charge in [0.1, 0.15) is 5.82 Å². The lowest BCUT2D eigenvalue weighted by Crippen LogP contribution is -2.51. The molecule has 0 saturated carbocycles. The molecule has 0 spiro atoms. The Morgan fingerprint density at radius 2 is 2.05 bits per heavy atom. The van der Waals surface area contributed by atoms with Crippen LogP contribution in [-0.2, 0) is 13.0 Å². The first kappa shape index (κ1) is 14.8. The molecule has 4 nitrogen and oxygen atoms in total. The number of piperazine rings is 1. The summed E-state index contributed by atoms with van der Waals surface area (Å²) < 4.78 is 2.36. The Morgan fingerprint density at radius 1 is 1.24 bits per heavy atom. The van der Waals surface area contributed by atoms with Gasteiger partial charge in [0.25, 0.3) is 0 Å². The second-order valence-corrected chi connectivity index (χ2v) is 6.34. The van der Waals surface area contributed by atoms with E-state index in [2.05, 4.69) is 46.7 Å². The minimum absolute atomic E-state index is 0.524. The Bertz CT molecular complexity index is 609. The number of benzene rings is 1. The van der Waals surface area contributed by atoms with Crippen molar-refractivity contribution in [3.05, 3.63) is 30.1 Å². The van der Waals surface area contributed by atoms with Crippen molar-refractivity contribution in [2.45, 2.75) is 19.0 Å². The van der Waals surface area contributed by atoms with Crippen LogP contribution in [0.2, 0.25) is 0 Å². The van der Waals surface area contributed by atoms with Crippen LogP contribution in [0.4, 0.5) is 0 Å². The zero-order chi connectivity index (χ0) is 14.8. The third-order valence-corrected chi connectivity index (χ3v) is 4.61. The van der Waals surface area contributed by atoms with Crippen molar-refractivity contribution in [1.82, 2.24) is 19.4 Å². The Balaban J connectivity index is 1.92. The normalized spacial score (nSPS) is 21.2. The van der Waals surface area contributed by atoms with E-state index in [0.717, 1.165) is 43.9 Å². The number of nitrogens with zero attached hydrogens (tertiary/aromatic N) is 4. The van der Waals surface area contributed by atoms with Gasteiger partial charge in [-0.15, -0.1) is 11.6 Å². The number of alkyl halides is 1. The molecule has 114 valence electrons. The lowest BCUT2D eigenvalue weighted by atomic mass is 10.2. The minimum atomic E-state index is 0.524. The summed E-state index contributed by atoms with van der Waals surface area (Å²) in [4.78, 5) is 9.62. The molecular weight excluding hydrogens is 284 g/mol. The van der Waals surface area contributed by atoms with Crippen molar-refractivity contribution in [3.63, 3.8) is 0 Å². The average Bonchev–Trinajstić information content (AvgIpc) is 2.81. The van der Waals surface area contributed by atoms with E-state index in [4.69, 9.17) is 16.6 Å². The van der Waals surface area contributed by atoms with E-state index in [9.17, 15) is 0 Å². The summed E-state index contributed by atoms with van der Waals surface area (Å²) in [6.45, 7) is 4.35. The quantitative estimate of drug-likeness (QED) is 0.808. The van der Waals surface area contributed by atoms with Crippen LogP contribution < -0.4 is 0 Å². The fourth-order valence-electron chi connectivity index (χ4n) is 3.11. The topological polar surface area (TPSA) is 24.3 Å². The predicted molar refractivity (Wildman–Crippen MR) is 88.1 cm³/mol. The molecular formula is C16H23ClN4.